The van der Waals surface area contributed by atoms with E-state index in [0.29, 0.717) is 11.6 Å². The van der Waals surface area contributed by atoms with Gasteiger partial charge in [0.15, 0.2) is 0 Å². The SMILES string of the molecule is CCCC1CNC(C)(C2CC2)CN1CCn1cccn1. The molecule has 20 heavy (non-hydrogen) atoms. The van der Waals surface area contributed by atoms with Crippen LogP contribution < -0.4 is 5.32 Å². The highest BCUT2D eigenvalue weighted by Crippen LogP contribution is 2.41. The first-order valence-corrected chi connectivity index (χ1v) is 8.18. The maximum atomic E-state index is 4.33. The predicted molar refractivity (Wildman–Crippen MR) is 81.6 cm³/mol. The third kappa shape index (κ3) is 3.07. The van der Waals surface area contributed by atoms with Crippen LogP contribution in [0.5, 0.6) is 0 Å². The van der Waals surface area contributed by atoms with Crippen molar-refractivity contribution in [3.8, 4) is 0 Å². The zero-order valence-corrected chi connectivity index (χ0v) is 12.9. The summed E-state index contributed by atoms with van der Waals surface area (Å²) in [6.45, 7) is 9.20. The summed E-state index contributed by atoms with van der Waals surface area (Å²) < 4.78 is 2.06. The van der Waals surface area contributed by atoms with Crippen molar-refractivity contribution in [3.05, 3.63) is 18.5 Å². The van der Waals surface area contributed by atoms with Gasteiger partial charge in [0.2, 0.25) is 0 Å². The van der Waals surface area contributed by atoms with Crippen molar-refractivity contribution in [2.45, 2.75) is 57.7 Å². The Hall–Kier alpha value is -0.870. The van der Waals surface area contributed by atoms with E-state index in [-0.39, 0.29) is 0 Å². The molecular formula is C16H28N4. The first kappa shape index (κ1) is 14.1. The van der Waals surface area contributed by atoms with Crippen LogP contribution in [0.15, 0.2) is 18.5 Å². The van der Waals surface area contributed by atoms with Gasteiger partial charge in [-0.05, 0) is 38.2 Å². The fourth-order valence-corrected chi connectivity index (χ4v) is 3.62. The summed E-state index contributed by atoms with van der Waals surface area (Å²) >= 11 is 0. The van der Waals surface area contributed by atoms with Crippen molar-refractivity contribution in [3.63, 3.8) is 0 Å². The normalized spacial score (nSPS) is 31.6. The number of nitrogens with one attached hydrogen (secondary N) is 1. The maximum Gasteiger partial charge on any atom is 0.0536 e. The van der Waals surface area contributed by atoms with Crippen LogP contribution in [0.25, 0.3) is 0 Å². The lowest BCUT2D eigenvalue weighted by Crippen LogP contribution is -2.64. The highest BCUT2D eigenvalue weighted by atomic mass is 15.3. The Bertz CT molecular complexity index is 412. The minimum absolute atomic E-state index is 0.342. The molecule has 0 bridgehead atoms. The van der Waals surface area contributed by atoms with Gasteiger partial charge in [-0.25, -0.2) is 0 Å². The third-order valence-electron chi connectivity index (χ3n) is 5.07. The van der Waals surface area contributed by atoms with E-state index in [9.17, 15) is 0 Å². The first-order chi connectivity index (χ1) is 9.71. The summed E-state index contributed by atoms with van der Waals surface area (Å²) in [6.07, 6.45) is 9.33. The fraction of sp³-hybridized carbons (Fsp3) is 0.812. The van der Waals surface area contributed by atoms with Crippen molar-refractivity contribution in [2.24, 2.45) is 5.92 Å². The number of hydrogen-bond donors (Lipinski definition) is 1. The van der Waals surface area contributed by atoms with Gasteiger partial charge in [-0.3, -0.25) is 9.58 Å². The Morgan fingerprint density at radius 1 is 1.35 bits per heavy atom. The number of aromatic nitrogens is 2. The molecule has 0 radical (unpaired) electrons. The minimum atomic E-state index is 0.342. The molecule has 1 saturated heterocycles. The standard InChI is InChI=1S/C16H28N4/c1-3-5-15-12-17-16(2,14-6-7-14)13-19(15)10-11-20-9-4-8-18-20/h4,8-9,14-15,17H,3,5-7,10-13H2,1-2H3. The molecule has 2 atom stereocenters. The topological polar surface area (TPSA) is 33.1 Å². The molecule has 2 aliphatic rings. The molecule has 0 amide bonds. The molecular weight excluding hydrogens is 248 g/mol. The Kier molecular flexibility index (Phi) is 4.13. The zero-order valence-electron chi connectivity index (χ0n) is 12.9. The summed E-state index contributed by atoms with van der Waals surface area (Å²) in [5, 5.41) is 8.18. The minimum Gasteiger partial charge on any atom is -0.308 e. The average Bonchev–Trinajstić information content (AvgIpc) is 3.18. The van der Waals surface area contributed by atoms with Crippen molar-refractivity contribution in [1.82, 2.24) is 20.0 Å². The predicted octanol–water partition coefficient (Wildman–Crippen LogP) is 2.13. The lowest BCUT2D eigenvalue weighted by atomic mass is 9.90. The second-order valence-electron chi connectivity index (χ2n) is 6.75. The van der Waals surface area contributed by atoms with E-state index in [0.717, 1.165) is 25.6 Å². The van der Waals surface area contributed by atoms with Gasteiger partial charge in [-0.2, -0.15) is 5.10 Å². The maximum absolute atomic E-state index is 4.33. The van der Waals surface area contributed by atoms with Gasteiger partial charge < -0.3 is 5.32 Å². The van der Waals surface area contributed by atoms with Crippen LogP contribution in [-0.4, -0.2) is 45.9 Å². The van der Waals surface area contributed by atoms with Crippen LogP contribution in [0.4, 0.5) is 0 Å². The Labute approximate surface area is 122 Å². The summed E-state index contributed by atoms with van der Waals surface area (Å²) in [7, 11) is 0. The molecule has 1 aromatic heterocycles. The molecule has 3 rings (SSSR count). The van der Waals surface area contributed by atoms with Crippen LogP contribution in [0.3, 0.4) is 0 Å². The van der Waals surface area contributed by atoms with Crippen molar-refractivity contribution >= 4 is 0 Å². The molecule has 2 fully saturated rings. The molecule has 1 aromatic rings. The number of nitrogens with zero attached hydrogens (tertiary/aromatic N) is 3. The Morgan fingerprint density at radius 2 is 2.20 bits per heavy atom. The van der Waals surface area contributed by atoms with Crippen LogP contribution in [0, 0.1) is 5.92 Å². The molecule has 1 saturated carbocycles. The van der Waals surface area contributed by atoms with Gasteiger partial charge >= 0.3 is 0 Å². The molecule has 0 aromatic carbocycles. The number of piperazine rings is 1. The molecule has 2 heterocycles. The van der Waals surface area contributed by atoms with Gasteiger partial charge in [0.05, 0.1) is 6.54 Å². The van der Waals surface area contributed by atoms with E-state index < -0.39 is 0 Å². The molecule has 2 unspecified atom stereocenters. The van der Waals surface area contributed by atoms with E-state index in [4.69, 9.17) is 0 Å². The first-order valence-electron chi connectivity index (χ1n) is 8.18. The monoisotopic (exact) mass is 276 g/mol. The van der Waals surface area contributed by atoms with E-state index in [2.05, 4.69) is 40.0 Å². The lowest BCUT2D eigenvalue weighted by molar-refractivity contribution is 0.0664. The average molecular weight is 276 g/mol. The van der Waals surface area contributed by atoms with Crippen molar-refractivity contribution in [1.29, 1.82) is 0 Å². The summed E-state index contributed by atoms with van der Waals surface area (Å²) in [5.41, 5.74) is 0.342. The highest BCUT2D eigenvalue weighted by Gasteiger charge is 2.45. The van der Waals surface area contributed by atoms with Crippen LogP contribution in [0.1, 0.15) is 39.5 Å². The van der Waals surface area contributed by atoms with Crippen LogP contribution >= 0.6 is 0 Å². The molecule has 4 nitrogen and oxygen atoms in total. The van der Waals surface area contributed by atoms with Gasteiger partial charge in [0, 0.05) is 43.6 Å². The van der Waals surface area contributed by atoms with Crippen molar-refractivity contribution < 1.29 is 0 Å². The molecule has 4 heteroatoms. The molecule has 1 aliphatic carbocycles. The zero-order chi connectivity index (χ0) is 14.0. The van der Waals surface area contributed by atoms with Crippen LogP contribution in [-0.2, 0) is 6.54 Å². The van der Waals surface area contributed by atoms with E-state index >= 15 is 0 Å². The Morgan fingerprint density at radius 3 is 2.85 bits per heavy atom. The molecule has 1 N–H and O–H groups in total. The molecule has 1 aliphatic heterocycles. The largest absolute Gasteiger partial charge is 0.308 e. The number of rotatable bonds is 6. The number of hydrogen-bond acceptors (Lipinski definition) is 3. The smallest absolute Gasteiger partial charge is 0.0536 e. The van der Waals surface area contributed by atoms with Gasteiger partial charge in [-0.1, -0.05) is 13.3 Å². The second kappa shape index (κ2) is 5.86. The second-order valence-corrected chi connectivity index (χ2v) is 6.75. The van der Waals surface area contributed by atoms with Crippen molar-refractivity contribution in [2.75, 3.05) is 19.6 Å². The van der Waals surface area contributed by atoms with Gasteiger partial charge in [-0.15, -0.1) is 0 Å². The Balaban J connectivity index is 1.62. The van der Waals surface area contributed by atoms with Gasteiger partial charge in [0.25, 0.3) is 0 Å². The molecule has 0 spiro atoms. The van der Waals surface area contributed by atoms with Gasteiger partial charge in [0.1, 0.15) is 0 Å². The van der Waals surface area contributed by atoms with E-state index in [1.807, 2.05) is 12.3 Å². The summed E-state index contributed by atoms with van der Waals surface area (Å²) in [4.78, 5) is 2.71. The summed E-state index contributed by atoms with van der Waals surface area (Å²) in [5.74, 6) is 0.900. The third-order valence-corrected chi connectivity index (χ3v) is 5.07. The molecule has 112 valence electrons. The van der Waals surface area contributed by atoms with Crippen LogP contribution in [0.2, 0.25) is 0 Å². The highest BCUT2D eigenvalue weighted by molar-refractivity contribution is 5.04. The lowest BCUT2D eigenvalue weighted by Gasteiger charge is -2.47. The fourth-order valence-electron chi connectivity index (χ4n) is 3.62. The van der Waals surface area contributed by atoms with E-state index in [1.165, 1.54) is 32.2 Å². The quantitative estimate of drug-likeness (QED) is 0.864. The van der Waals surface area contributed by atoms with E-state index in [1.54, 1.807) is 0 Å². The summed E-state index contributed by atoms with van der Waals surface area (Å²) in [6, 6.07) is 2.71.